The number of ether oxygens (including phenoxy) is 1. The van der Waals surface area contributed by atoms with E-state index in [4.69, 9.17) is 4.74 Å². The molecule has 0 radical (unpaired) electrons. The number of aryl methyl sites for hydroxylation is 1. The molecule has 1 saturated heterocycles. The van der Waals surface area contributed by atoms with Gasteiger partial charge in [-0.1, -0.05) is 26.0 Å². The summed E-state index contributed by atoms with van der Waals surface area (Å²) in [4.78, 5) is 25.2. The molecule has 3 heterocycles. The summed E-state index contributed by atoms with van der Waals surface area (Å²) in [7, 11) is 0. The zero-order chi connectivity index (χ0) is 22.9. The zero-order valence-corrected chi connectivity index (χ0v) is 20.7. The minimum atomic E-state index is 0.145. The van der Waals surface area contributed by atoms with Crippen LogP contribution < -0.4 is 15.2 Å². The summed E-state index contributed by atoms with van der Waals surface area (Å²) in [5.41, 5.74) is 2.62. The van der Waals surface area contributed by atoms with Gasteiger partial charge in [0, 0.05) is 43.6 Å². The maximum Gasteiger partial charge on any atom is 0.262 e. The summed E-state index contributed by atoms with van der Waals surface area (Å²) in [5.74, 6) is 1.41. The molecule has 6 nitrogen and oxygen atoms in total. The van der Waals surface area contributed by atoms with Gasteiger partial charge in [0.25, 0.3) is 5.56 Å². The Morgan fingerprint density at radius 1 is 1.18 bits per heavy atom. The van der Waals surface area contributed by atoms with Crippen LogP contribution >= 0.6 is 11.3 Å². The number of benzene rings is 1. The second-order valence-corrected chi connectivity index (χ2v) is 10.7. The Morgan fingerprint density at radius 3 is 2.73 bits per heavy atom. The van der Waals surface area contributed by atoms with Crippen LogP contribution in [0.15, 0.2) is 35.4 Å². The number of piperazine rings is 1. The SMILES string of the molecule is CCOc1ccccc1N1CCN([C@H]2CCc3c(sc4ncn(CC(C)C)c(=O)c34)C2)CC1. The number of thiophene rings is 1. The summed E-state index contributed by atoms with van der Waals surface area (Å²) < 4.78 is 7.65. The standard InChI is InChI=1S/C26H34N4O2S/c1-4-32-22-8-6-5-7-21(22)29-13-11-28(12-14-29)19-9-10-20-23(15-19)33-25-24(20)26(31)30(17-27-25)16-18(2)3/h5-8,17-19H,4,9-16H2,1-3H3/t19-/m0/s1. The van der Waals surface area contributed by atoms with E-state index in [1.807, 2.05) is 13.0 Å². The number of anilines is 1. The van der Waals surface area contributed by atoms with Crippen LogP contribution in [0.25, 0.3) is 10.2 Å². The highest BCUT2D eigenvalue weighted by atomic mass is 32.1. The van der Waals surface area contributed by atoms with Gasteiger partial charge < -0.3 is 9.64 Å². The average Bonchev–Trinajstić information content (AvgIpc) is 3.20. The van der Waals surface area contributed by atoms with Gasteiger partial charge in [0.2, 0.25) is 0 Å². The molecule has 0 amide bonds. The largest absolute Gasteiger partial charge is 0.492 e. The first-order valence-electron chi connectivity index (χ1n) is 12.3. The van der Waals surface area contributed by atoms with Crippen molar-refractivity contribution in [2.75, 3.05) is 37.7 Å². The average molecular weight is 467 g/mol. The number of hydrogen-bond acceptors (Lipinski definition) is 6. The fourth-order valence-electron chi connectivity index (χ4n) is 5.34. The minimum Gasteiger partial charge on any atom is -0.492 e. The summed E-state index contributed by atoms with van der Waals surface area (Å²) in [6.07, 6.45) is 4.88. The van der Waals surface area contributed by atoms with Crippen LogP contribution in [0.1, 0.15) is 37.6 Å². The molecule has 0 bridgehead atoms. The van der Waals surface area contributed by atoms with Gasteiger partial charge >= 0.3 is 0 Å². The smallest absolute Gasteiger partial charge is 0.262 e. The van der Waals surface area contributed by atoms with E-state index in [0.29, 0.717) is 18.6 Å². The van der Waals surface area contributed by atoms with Crippen LogP contribution in [0.5, 0.6) is 5.75 Å². The molecule has 33 heavy (non-hydrogen) atoms. The number of aromatic nitrogens is 2. The number of para-hydroxylation sites is 2. The lowest BCUT2D eigenvalue weighted by Crippen LogP contribution is -2.51. The van der Waals surface area contributed by atoms with Crippen molar-refractivity contribution in [1.82, 2.24) is 14.5 Å². The highest BCUT2D eigenvalue weighted by Crippen LogP contribution is 2.36. The molecule has 176 valence electrons. The van der Waals surface area contributed by atoms with E-state index < -0.39 is 0 Å². The van der Waals surface area contributed by atoms with Crippen molar-refractivity contribution in [2.24, 2.45) is 5.92 Å². The molecule has 0 saturated carbocycles. The van der Waals surface area contributed by atoms with Crippen LogP contribution in [-0.2, 0) is 19.4 Å². The van der Waals surface area contributed by atoms with E-state index >= 15 is 0 Å². The predicted molar refractivity (Wildman–Crippen MR) is 136 cm³/mol. The molecule has 1 aliphatic heterocycles. The molecule has 1 atom stereocenters. The minimum absolute atomic E-state index is 0.145. The van der Waals surface area contributed by atoms with E-state index in [1.165, 1.54) is 16.1 Å². The maximum atomic E-state index is 13.1. The Labute approximate surface area is 199 Å². The second kappa shape index (κ2) is 9.47. The van der Waals surface area contributed by atoms with E-state index in [2.05, 4.69) is 46.8 Å². The molecule has 0 spiro atoms. The number of hydrogen-bond donors (Lipinski definition) is 0. The maximum absolute atomic E-state index is 13.1. The van der Waals surface area contributed by atoms with Gasteiger partial charge in [0.15, 0.2) is 0 Å². The van der Waals surface area contributed by atoms with Crippen LogP contribution in [0.3, 0.4) is 0 Å². The molecule has 2 aromatic heterocycles. The highest BCUT2D eigenvalue weighted by molar-refractivity contribution is 7.18. The van der Waals surface area contributed by atoms with Crippen molar-refractivity contribution in [2.45, 2.75) is 52.6 Å². The van der Waals surface area contributed by atoms with Crippen molar-refractivity contribution >= 4 is 27.2 Å². The van der Waals surface area contributed by atoms with Crippen LogP contribution in [0, 0.1) is 5.92 Å². The first-order valence-corrected chi connectivity index (χ1v) is 13.1. The van der Waals surface area contributed by atoms with Gasteiger partial charge in [0.05, 0.1) is 24.0 Å². The third kappa shape index (κ3) is 4.41. The van der Waals surface area contributed by atoms with Crippen molar-refractivity contribution < 1.29 is 4.74 Å². The third-order valence-electron chi connectivity index (χ3n) is 6.91. The quantitative estimate of drug-likeness (QED) is 0.545. The topological polar surface area (TPSA) is 50.6 Å². The Kier molecular flexibility index (Phi) is 6.43. The van der Waals surface area contributed by atoms with E-state index in [9.17, 15) is 4.79 Å². The fraction of sp³-hybridized carbons (Fsp3) is 0.538. The molecule has 7 heteroatoms. The first kappa shape index (κ1) is 22.4. The number of nitrogens with zero attached hydrogens (tertiary/aromatic N) is 4. The molecule has 1 aliphatic carbocycles. The Bertz CT molecular complexity index is 1180. The van der Waals surface area contributed by atoms with Gasteiger partial charge in [-0.15, -0.1) is 11.3 Å². The van der Waals surface area contributed by atoms with Crippen molar-refractivity contribution in [3.8, 4) is 5.75 Å². The Balaban J connectivity index is 1.29. The van der Waals surface area contributed by atoms with Crippen LogP contribution in [0.4, 0.5) is 5.69 Å². The molecule has 0 N–H and O–H groups in total. The molecule has 1 fully saturated rings. The summed E-state index contributed by atoms with van der Waals surface area (Å²) in [6, 6.07) is 8.93. The van der Waals surface area contributed by atoms with Gasteiger partial charge in [-0.2, -0.15) is 0 Å². The van der Waals surface area contributed by atoms with Gasteiger partial charge in [0.1, 0.15) is 10.6 Å². The Hall–Kier alpha value is -2.38. The third-order valence-corrected chi connectivity index (χ3v) is 8.07. The summed E-state index contributed by atoms with van der Waals surface area (Å²) in [5, 5.41) is 0.883. The lowest BCUT2D eigenvalue weighted by Gasteiger charge is -2.41. The summed E-state index contributed by atoms with van der Waals surface area (Å²) >= 11 is 1.74. The van der Waals surface area contributed by atoms with Crippen molar-refractivity contribution in [3.63, 3.8) is 0 Å². The monoisotopic (exact) mass is 466 g/mol. The van der Waals surface area contributed by atoms with Gasteiger partial charge in [-0.05, 0) is 49.8 Å². The predicted octanol–water partition coefficient (Wildman–Crippen LogP) is 4.19. The second-order valence-electron chi connectivity index (χ2n) is 9.60. The molecular weight excluding hydrogens is 432 g/mol. The molecule has 1 aromatic carbocycles. The van der Waals surface area contributed by atoms with Crippen molar-refractivity contribution in [3.05, 3.63) is 51.4 Å². The number of rotatable bonds is 6. The van der Waals surface area contributed by atoms with E-state index in [1.54, 1.807) is 22.2 Å². The molecule has 0 unspecified atom stereocenters. The lowest BCUT2D eigenvalue weighted by molar-refractivity contribution is 0.171. The lowest BCUT2D eigenvalue weighted by atomic mass is 9.91. The van der Waals surface area contributed by atoms with Crippen LogP contribution in [0.2, 0.25) is 0 Å². The van der Waals surface area contributed by atoms with Gasteiger partial charge in [-0.25, -0.2) is 4.98 Å². The number of fused-ring (bicyclic) bond motifs is 3. The van der Waals surface area contributed by atoms with Crippen molar-refractivity contribution in [1.29, 1.82) is 0 Å². The first-order chi connectivity index (χ1) is 16.0. The summed E-state index contributed by atoms with van der Waals surface area (Å²) in [6.45, 7) is 11.9. The van der Waals surface area contributed by atoms with Crippen LogP contribution in [-0.4, -0.2) is 53.3 Å². The Morgan fingerprint density at radius 2 is 1.97 bits per heavy atom. The molecule has 5 rings (SSSR count). The molecule has 3 aromatic rings. The zero-order valence-electron chi connectivity index (χ0n) is 19.9. The van der Waals surface area contributed by atoms with E-state index in [-0.39, 0.29) is 5.56 Å². The molecule has 2 aliphatic rings. The normalized spacial score (nSPS) is 19.3. The highest BCUT2D eigenvalue weighted by Gasteiger charge is 2.31. The molecular formula is C26H34N4O2S. The van der Waals surface area contributed by atoms with E-state index in [0.717, 1.165) is 68.0 Å². The fourth-order valence-corrected chi connectivity index (χ4v) is 6.59. The van der Waals surface area contributed by atoms with Gasteiger partial charge in [-0.3, -0.25) is 14.3 Å².